The monoisotopic (exact) mass is 289 g/mol. The van der Waals surface area contributed by atoms with Gasteiger partial charge in [0.05, 0.1) is 6.04 Å². The van der Waals surface area contributed by atoms with E-state index in [1.54, 1.807) is 0 Å². The lowest BCUT2D eigenvalue weighted by atomic mass is 9.99. The van der Waals surface area contributed by atoms with E-state index in [1.807, 2.05) is 19.1 Å². The number of amides is 1. The van der Waals surface area contributed by atoms with E-state index in [4.69, 9.17) is 5.73 Å². The average Bonchev–Trinajstić information content (AvgIpc) is 2.49. The molecule has 0 aliphatic carbocycles. The molecule has 4 nitrogen and oxygen atoms in total. The molecule has 1 aromatic rings. The molecular formula is C17H27N3O. The molecular weight excluding hydrogens is 262 g/mol. The summed E-state index contributed by atoms with van der Waals surface area (Å²) in [5.74, 6) is 0.733. The highest BCUT2D eigenvalue weighted by Gasteiger charge is 2.16. The molecule has 1 unspecified atom stereocenters. The first-order valence-corrected chi connectivity index (χ1v) is 8.01. The van der Waals surface area contributed by atoms with E-state index in [-0.39, 0.29) is 5.91 Å². The van der Waals surface area contributed by atoms with Crippen molar-refractivity contribution in [3.63, 3.8) is 0 Å². The zero-order valence-electron chi connectivity index (χ0n) is 13.1. The minimum atomic E-state index is -0.418. The molecule has 116 valence electrons. The molecule has 1 aliphatic heterocycles. The van der Waals surface area contributed by atoms with E-state index in [1.165, 1.54) is 18.5 Å². The fourth-order valence-electron chi connectivity index (χ4n) is 2.70. The third kappa shape index (κ3) is 4.46. The molecule has 0 saturated carbocycles. The molecule has 1 atom stereocenters. The van der Waals surface area contributed by atoms with Gasteiger partial charge in [0.25, 0.3) is 0 Å². The minimum absolute atomic E-state index is 0.101. The van der Waals surface area contributed by atoms with Crippen LogP contribution in [0.4, 0.5) is 11.4 Å². The lowest BCUT2D eigenvalue weighted by Crippen LogP contribution is -2.35. The predicted molar refractivity (Wildman–Crippen MR) is 88.6 cm³/mol. The Hall–Kier alpha value is -1.55. The number of carbonyl (C=O) groups excluding carboxylic acids is 1. The average molecular weight is 289 g/mol. The van der Waals surface area contributed by atoms with Gasteiger partial charge in [0, 0.05) is 24.5 Å². The quantitative estimate of drug-likeness (QED) is 0.876. The number of nitrogens with zero attached hydrogens (tertiary/aromatic N) is 1. The number of nitrogens with one attached hydrogen (secondary N) is 1. The van der Waals surface area contributed by atoms with Crippen LogP contribution in [-0.4, -0.2) is 25.0 Å². The van der Waals surface area contributed by atoms with Crippen LogP contribution in [0, 0.1) is 5.92 Å². The molecule has 0 bridgehead atoms. The summed E-state index contributed by atoms with van der Waals surface area (Å²) in [6.07, 6.45) is 4.14. The lowest BCUT2D eigenvalue weighted by molar-refractivity contribution is -0.117. The van der Waals surface area contributed by atoms with Gasteiger partial charge in [-0.25, -0.2) is 0 Å². The van der Waals surface area contributed by atoms with Crippen molar-refractivity contribution in [1.29, 1.82) is 0 Å². The van der Waals surface area contributed by atoms with Crippen LogP contribution in [-0.2, 0) is 4.79 Å². The van der Waals surface area contributed by atoms with Crippen molar-refractivity contribution in [3.05, 3.63) is 24.3 Å². The van der Waals surface area contributed by atoms with Gasteiger partial charge in [-0.15, -0.1) is 0 Å². The van der Waals surface area contributed by atoms with Crippen molar-refractivity contribution in [2.75, 3.05) is 23.3 Å². The summed E-state index contributed by atoms with van der Waals surface area (Å²) in [6, 6.07) is 7.67. The second kappa shape index (κ2) is 7.46. The van der Waals surface area contributed by atoms with Gasteiger partial charge in [0.1, 0.15) is 0 Å². The second-order valence-electron chi connectivity index (χ2n) is 6.10. The molecule has 0 spiro atoms. The largest absolute Gasteiger partial charge is 0.372 e. The Balaban J connectivity index is 1.91. The number of hydrogen-bond donors (Lipinski definition) is 2. The lowest BCUT2D eigenvalue weighted by Gasteiger charge is -2.32. The summed E-state index contributed by atoms with van der Waals surface area (Å²) in [7, 11) is 0. The Morgan fingerprint density at radius 3 is 2.52 bits per heavy atom. The van der Waals surface area contributed by atoms with Gasteiger partial charge in [-0.05, 0) is 49.4 Å². The summed E-state index contributed by atoms with van der Waals surface area (Å²) in [5.41, 5.74) is 7.87. The van der Waals surface area contributed by atoms with Crippen LogP contribution < -0.4 is 16.0 Å². The molecule has 1 saturated heterocycles. The first kappa shape index (κ1) is 15.8. The van der Waals surface area contributed by atoms with Crippen LogP contribution in [0.2, 0.25) is 0 Å². The molecule has 1 fully saturated rings. The maximum Gasteiger partial charge on any atom is 0.241 e. The van der Waals surface area contributed by atoms with E-state index >= 15 is 0 Å². The summed E-state index contributed by atoms with van der Waals surface area (Å²) in [5, 5.41) is 2.88. The Bertz CT molecular complexity index is 450. The summed E-state index contributed by atoms with van der Waals surface area (Å²) < 4.78 is 0. The first-order chi connectivity index (χ1) is 10.1. The number of piperidine rings is 1. The van der Waals surface area contributed by atoms with Crippen LogP contribution >= 0.6 is 0 Å². The minimum Gasteiger partial charge on any atom is -0.372 e. The Labute approximate surface area is 127 Å². The van der Waals surface area contributed by atoms with E-state index < -0.39 is 6.04 Å². The highest BCUT2D eigenvalue weighted by atomic mass is 16.2. The first-order valence-electron chi connectivity index (χ1n) is 8.01. The number of anilines is 2. The van der Waals surface area contributed by atoms with Crippen molar-refractivity contribution in [2.24, 2.45) is 11.7 Å². The van der Waals surface area contributed by atoms with Crippen LogP contribution in [0.15, 0.2) is 24.3 Å². The topological polar surface area (TPSA) is 58.4 Å². The molecule has 1 aromatic carbocycles. The zero-order valence-corrected chi connectivity index (χ0v) is 13.1. The third-order valence-electron chi connectivity index (χ3n) is 4.22. The third-order valence-corrected chi connectivity index (χ3v) is 4.22. The second-order valence-corrected chi connectivity index (χ2v) is 6.10. The molecule has 2 rings (SSSR count). The normalized spacial score (nSPS) is 17.6. The Morgan fingerprint density at radius 1 is 1.33 bits per heavy atom. The van der Waals surface area contributed by atoms with Gasteiger partial charge in [-0.1, -0.05) is 20.3 Å². The fourth-order valence-corrected chi connectivity index (χ4v) is 2.70. The van der Waals surface area contributed by atoms with Crippen LogP contribution in [0.25, 0.3) is 0 Å². The van der Waals surface area contributed by atoms with Gasteiger partial charge >= 0.3 is 0 Å². The Morgan fingerprint density at radius 2 is 1.95 bits per heavy atom. The molecule has 4 heteroatoms. The molecule has 3 N–H and O–H groups in total. The van der Waals surface area contributed by atoms with Crippen molar-refractivity contribution in [3.8, 4) is 0 Å². The van der Waals surface area contributed by atoms with Crippen molar-refractivity contribution >= 4 is 17.3 Å². The number of nitrogens with two attached hydrogens (primary N) is 1. The van der Waals surface area contributed by atoms with Crippen LogP contribution in [0.5, 0.6) is 0 Å². The molecule has 1 amide bonds. The summed E-state index contributed by atoms with van der Waals surface area (Å²) in [6.45, 7) is 6.58. The predicted octanol–water partition coefficient (Wildman–Crippen LogP) is 2.99. The fraction of sp³-hybridized carbons (Fsp3) is 0.588. The van der Waals surface area contributed by atoms with E-state index in [9.17, 15) is 4.79 Å². The standard InChI is InChI=1S/C17H27N3O/c1-3-4-16(18)17(21)19-14-5-7-15(8-6-14)20-11-9-13(2)10-12-20/h5-8,13,16H,3-4,9-12,18H2,1-2H3,(H,19,21). The van der Waals surface area contributed by atoms with Crippen LogP contribution in [0.1, 0.15) is 39.5 Å². The number of rotatable bonds is 5. The van der Waals surface area contributed by atoms with E-state index in [0.717, 1.165) is 37.5 Å². The molecule has 1 heterocycles. The summed E-state index contributed by atoms with van der Waals surface area (Å²) >= 11 is 0. The SMILES string of the molecule is CCCC(N)C(=O)Nc1ccc(N2CCC(C)CC2)cc1. The van der Waals surface area contributed by atoms with Gasteiger partial charge < -0.3 is 16.0 Å². The number of benzene rings is 1. The zero-order chi connectivity index (χ0) is 15.2. The van der Waals surface area contributed by atoms with Crippen LogP contribution in [0.3, 0.4) is 0 Å². The highest BCUT2D eigenvalue weighted by molar-refractivity contribution is 5.94. The van der Waals surface area contributed by atoms with Gasteiger partial charge in [-0.3, -0.25) is 4.79 Å². The van der Waals surface area contributed by atoms with Gasteiger partial charge in [0.15, 0.2) is 0 Å². The Kier molecular flexibility index (Phi) is 5.62. The maximum absolute atomic E-state index is 11.9. The van der Waals surface area contributed by atoms with E-state index in [0.29, 0.717) is 0 Å². The van der Waals surface area contributed by atoms with Gasteiger partial charge in [-0.2, -0.15) is 0 Å². The van der Waals surface area contributed by atoms with Crippen molar-refractivity contribution in [2.45, 2.75) is 45.6 Å². The van der Waals surface area contributed by atoms with E-state index in [2.05, 4.69) is 29.3 Å². The molecule has 21 heavy (non-hydrogen) atoms. The van der Waals surface area contributed by atoms with Gasteiger partial charge in [0.2, 0.25) is 5.91 Å². The molecule has 1 aliphatic rings. The highest BCUT2D eigenvalue weighted by Crippen LogP contribution is 2.24. The van der Waals surface area contributed by atoms with Crippen molar-refractivity contribution in [1.82, 2.24) is 0 Å². The summed E-state index contributed by atoms with van der Waals surface area (Å²) in [4.78, 5) is 14.3. The molecule has 0 aromatic heterocycles. The van der Waals surface area contributed by atoms with Crippen molar-refractivity contribution < 1.29 is 4.79 Å². The molecule has 0 radical (unpaired) electrons. The number of carbonyl (C=O) groups is 1. The maximum atomic E-state index is 11.9. The number of hydrogen-bond acceptors (Lipinski definition) is 3. The smallest absolute Gasteiger partial charge is 0.241 e.